The highest BCUT2D eigenvalue weighted by Gasteiger charge is 2.15. The van der Waals surface area contributed by atoms with E-state index in [1.54, 1.807) is 6.92 Å². The van der Waals surface area contributed by atoms with Crippen LogP contribution in [-0.2, 0) is 13.1 Å². The lowest BCUT2D eigenvalue weighted by Crippen LogP contribution is -2.11. The summed E-state index contributed by atoms with van der Waals surface area (Å²) in [5, 5.41) is 11.6. The Kier molecular flexibility index (Phi) is 2.21. The number of nitrogens with one attached hydrogen (secondary N) is 1. The van der Waals surface area contributed by atoms with E-state index >= 15 is 0 Å². The van der Waals surface area contributed by atoms with Crippen LogP contribution in [0, 0.1) is 6.92 Å². The second-order valence-electron chi connectivity index (χ2n) is 3.92. The monoisotopic (exact) mass is 219 g/mol. The Morgan fingerprint density at radius 3 is 3.25 bits per heavy atom. The van der Waals surface area contributed by atoms with Gasteiger partial charge < -0.3 is 9.84 Å². The van der Waals surface area contributed by atoms with Gasteiger partial charge in [0.05, 0.1) is 5.69 Å². The van der Waals surface area contributed by atoms with Gasteiger partial charge in [0, 0.05) is 13.1 Å². The fourth-order valence-corrected chi connectivity index (χ4v) is 1.87. The first-order valence-electron chi connectivity index (χ1n) is 5.41. The lowest BCUT2D eigenvalue weighted by atomic mass is 10.3. The summed E-state index contributed by atoms with van der Waals surface area (Å²) in [6, 6.07) is 2.01. The summed E-state index contributed by atoms with van der Waals surface area (Å²) >= 11 is 0. The van der Waals surface area contributed by atoms with Gasteiger partial charge in [-0.1, -0.05) is 5.16 Å². The lowest BCUT2D eigenvalue weighted by Gasteiger charge is -1.98. The minimum atomic E-state index is 0.498. The second kappa shape index (κ2) is 3.71. The van der Waals surface area contributed by atoms with E-state index in [4.69, 9.17) is 4.52 Å². The number of nitrogens with zero attached hydrogens (tertiary/aromatic N) is 4. The average molecular weight is 219 g/mol. The smallest absolute Gasteiger partial charge is 0.278 e. The summed E-state index contributed by atoms with van der Waals surface area (Å²) in [6.07, 6.45) is 1.09. The van der Waals surface area contributed by atoms with Crippen molar-refractivity contribution in [3.8, 4) is 11.6 Å². The zero-order valence-electron chi connectivity index (χ0n) is 9.10. The third-order valence-electron chi connectivity index (χ3n) is 2.64. The van der Waals surface area contributed by atoms with E-state index in [9.17, 15) is 0 Å². The van der Waals surface area contributed by atoms with E-state index in [-0.39, 0.29) is 0 Å². The molecule has 1 aliphatic rings. The van der Waals surface area contributed by atoms with Crippen molar-refractivity contribution in [3.05, 3.63) is 17.6 Å². The highest BCUT2D eigenvalue weighted by atomic mass is 16.5. The molecular formula is C10H13N5O. The van der Waals surface area contributed by atoms with E-state index in [1.165, 1.54) is 5.69 Å². The van der Waals surface area contributed by atoms with E-state index in [0.29, 0.717) is 11.7 Å². The number of aryl methyl sites for hydroxylation is 2. The van der Waals surface area contributed by atoms with Crippen molar-refractivity contribution in [2.24, 2.45) is 0 Å². The number of fused-ring (bicyclic) bond motifs is 1. The molecule has 2 aromatic rings. The molecule has 0 saturated carbocycles. The van der Waals surface area contributed by atoms with Crippen LogP contribution in [0.3, 0.4) is 0 Å². The molecule has 1 N–H and O–H groups in total. The molecule has 0 spiro atoms. The van der Waals surface area contributed by atoms with Gasteiger partial charge in [0.1, 0.15) is 0 Å². The molecule has 6 nitrogen and oxygen atoms in total. The highest BCUT2D eigenvalue weighted by Crippen LogP contribution is 2.18. The topological polar surface area (TPSA) is 68.8 Å². The molecular weight excluding hydrogens is 206 g/mol. The average Bonchev–Trinajstić information content (AvgIpc) is 2.81. The number of rotatable bonds is 1. The molecule has 3 rings (SSSR count). The third-order valence-corrected chi connectivity index (χ3v) is 2.64. The zero-order valence-corrected chi connectivity index (χ0v) is 9.10. The molecule has 0 fully saturated rings. The van der Waals surface area contributed by atoms with Crippen molar-refractivity contribution in [1.82, 2.24) is 25.2 Å². The van der Waals surface area contributed by atoms with Gasteiger partial charge in [-0.15, -0.1) is 0 Å². The number of hydrogen-bond donors (Lipinski definition) is 1. The van der Waals surface area contributed by atoms with Gasteiger partial charge in [0.2, 0.25) is 0 Å². The van der Waals surface area contributed by atoms with E-state index in [2.05, 4.69) is 20.6 Å². The van der Waals surface area contributed by atoms with Crippen molar-refractivity contribution in [2.45, 2.75) is 26.4 Å². The molecule has 0 saturated heterocycles. The van der Waals surface area contributed by atoms with Crippen molar-refractivity contribution in [1.29, 1.82) is 0 Å². The standard InChI is InChI=1S/C10H13N5O/c1-7-12-10(16-14-7)9-5-8-6-11-3-2-4-15(8)13-9/h5,11H,2-4,6H2,1H3. The predicted octanol–water partition coefficient (Wildman–Crippen LogP) is 0.735. The zero-order chi connectivity index (χ0) is 11.0. The predicted molar refractivity (Wildman–Crippen MR) is 56.6 cm³/mol. The molecule has 0 radical (unpaired) electrons. The van der Waals surface area contributed by atoms with Crippen LogP contribution < -0.4 is 5.32 Å². The molecule has 0 aromatic carbocycles. The molecule has 0 bridgehead atoms. The van der Waals surface area contributed by atoms with Crippen LogP contribution in [-0.4, -0.2) is 26.5 Å². The maximum Gasteiger partial charge on any atom is 0.278 e. The van der Waals surface area contributed by atoms with Crippen LogP contribution in [0.4, 0.5) is 0 Å². The van der Waals surface area contributed by atoms with Gasteiger partial charge in [-0.05, 0) is 26.0 Å². The van der Waals surface area contributed by atoms with Crippen LogP contribution in [0.1, 0.15) is 17.9 Å². The fraction of sp³-hybridized carbons (Fsp3) is 0.500. The Morgan fingerprint density at radius 1 is 1.50 bits per heavy atom. The first-order valence-corrected chi connectivity index (χ1v) is 5.41. The second-order valence-corrected chi connectivity index (χ2v) is 3.92. The van der Waals surface area contributed by atoms with Crippen molar-refractivity contribution in [3.63, 3.8) is 0 Å². The largest absolute Gasteiger partial charge is 0.332 e. The van der Waals surface area contributed by atoms with Gasteiger partial charge in [-0.2, -0.15) is 10.1 Å². The van der Waals surface area contributed by atoms with Gasteiger partial charge >= 0.3 is 0 Å². The van der Waals surface area contributed by atoms with Crippen LogP contribution in [0.2, 0.25) is 0 Å². The maximum atomic E-state index is 5.10. The maximum absolute atomic E-state index is 5.10. The van der Waals surface area contributed by atoms with Crippen LogP contribution in [0.5, 0.6) is 0 Å². The van der Waals surface area contributed by atoms with Crippen molar-refractivity contribution < 1.29 is 4.52 Å². The van der Waals surface area contributed by atoms with E-state index in [1.807, 2.05) is 10.7 Å². The summed E-state index contributed by atoms with van der Waals surface area (Å²) in [5.41, 5.74) is 1.93. The summed E-state index contributed by atoms with van der Waals surface area (Å²) in [5.74, 6) is 1.13. The van der Waals surface area contributed by atoms with Gasteiger partial charge in [-0.3, -0.25) is 4.68 Å². The van der Waals surface area contributed by atoms with Crippen molar-refractivity contribution >= 4 is 0 Å². The molecule has 84 valence electrons. The molecule has 0 unspecified atom stereocenters. The van der Waals surface area contributed by atoms with Crippen molar-refractivity contribution in [2.75, 3.05) is 6.54 Å². The molecule has 3 heterocycles. The van der Waals surface area contributed by atoms with E-state index in [0.717, 1.165) is 31.7 Å². The van der Waals surface area contributed by atoms with Crippen LogP contribution in [0.25, 0.3) is 11.6 Å². The Hall–Kier alpha value is -1.69. The molecule has 0 aliphatic carbocycles. The third kappa shape index (κ3) is 1.61. The molecule has 0 amide bonds. The first kappa shape index (κ1) is 9.53. The molecule has 16 heavy (non-hydrogen) atoms. The number of hydrogen-bond acceptors (Lipinski definition) is 5. The van der Waals surface area contributed by atoms with E-state index < -0.39 is 0 Å². The van der Waals surface area contributed by atoms with Crippen LogP contribution >= 0.6 is 0 Å². The minimum Gasteiger partial charge on any atom is -0.332 e. The van der Waals surface area contributed by atoms with Gasteiger partial charge in [0.15, 0.2) is 11.5 Å². The number of aromatic nitrogens is 4. The summed E-state index contributed by atoms with van der Waals surface area (Å²) in [6.45, 7) is 4.63. The van der Waals surface area contributed by atoms with Gasteiger partial charge in [0.25, 0.3) is 5.89 Å². The SMILES string of the molecule is Cc1noc(-c2cc3n(n2)CCCNC3)n1. The first-order chi connectivity index (χ1) is 7.83. The Morgan fingerprint density at radius 2 is 2.44 bits per heavy atom. The van der Waals surface area contributed by atoms with Crippen LogP contribution in [0.15, 0.2) is 10.6 Å². The summed E-state index contributed by atoms with van der Waals surface area (Å²) in [4.78, 5) is 4.17. The summed E-state index contributed by atoms with van der Waals surface area (Å²) < 4.78 is 7.11. The lowest BCUT2D eigenvalue weighted by molar-refractivity contribution is 0.423. The summed E-state index contributed by atoms with van der Waals surface area (Å²) in [7, 11) is 0. The molecule has 2 aromatic heterocycles. The quantitative estimate of drug-likeness (QED) is 0.766. The Balaban J connectivity index is 1.98. The highest BCUT2D eigenvalue weighted by molar-refractivity contribution is 5.46. The molecule has 6 heteroatoms. The fourth-order valence-electron chi connectivity index (χ4n) is 1.87. The minimum absolute atomic E-state index is 0.498. The Bertz CT molecular complexity index is 478. The Labute approximate surface area is 92.6 Å². The molecule has 0 atom stereocenters. The molecule has 1 aliphatic heterocycles. The normalized spacial score (nSPS) is 15.8. The van der Waals surface area contributed by atoms with Gasteiger partial charge in [-0.25, -0.2) is 0 Å².